The average molecular weight is 720 g/mol. The van der Waals surface area contributed by atoms with Gasteiger partial charge in [-0.1, -0.05) is 56.5 Å². The van der Waals surface area contributed by atoms with Crippen molar-refractivity contribution in [1.82, 2.24) is 15.2 Å². The molecule has 8 heteroatoms. The van der Waals surface area contributed by atoms with Crippen LogP contribution in [0.3, 0.4) is 0 Å². The highest BCUT2D eigenvalue weighted by atomic mass is 32.1. The van der Waals surface area contributed by atoms with Crippen molar-refractivity contribution in [2.45, 2.75) is 122 Å². The Morgan fingerprint density at radius 3 is 2.63 bits per heavy atom. The van der Waals surface area contributed by atoms with Crippen molar-refractivity contribution < 1.29 is 14.9 Å². The predicted molar refractivity (Wildman–Crippen MR) is 215 cm³/mol. The number of aliphatic hydroxyl groups is 1. The molecular weight excluding hydrogens is 655 g/mol. The van der Waals surface area contributed by atoms with Gasteiger partial charge in [-0.2, -0.15) is 0 Å². The molecule has 7 nitrogen and oxygen atoms in total. The first-order valence-electron chi connectivity index (χ1n) is 19.7. The van der Waals surface area contributed by atoms with Crippen LogP contribution < -0.4 is 10.9 Å². The van der Waals surface area contributed by atoms with E-state index in [1.54, 1.807) is 23.5 Å². The summed E-state index contributed by atoms with van der Waals surface area (Å²) in [4.78, 5) is 18.2. The highest BCUT2D eigenvalue weighted by Crippen LogP contribution is 2.40. The lowest BCUT2D eigenvalue weighted by atomic mass is 9.78. The number of H-pyrrole nitrogens is 1. The summed E-state index contributed by atoms with van der Waals surface area (Å²) in [5, 5.41) is 28.7. The van der Waals surface area contributed by atoms with E-state index in [4.69, 9.17) is 4.74 Å². The zero-order valence-corrected chi connectivity index (χ0v) is 32.6. The van der Waals surface area contributed by atoms with Crippen LogP contribution in [-0.2, 0) is 10.3 Å². The maximum absolute atomic E-state index is 11.8. The van der Waals surface area contributed by atoms with Gasteiger partial charge in [-0.3, -0.25) is 4.79 Å². The summed E-state index contributed by atoms with van der Waals surface area (Å²) in [6, 6.07) is 11.9. The first-order chi connectivity index (χ1) is 24.8. The van der Waals surface area contributed by atoms with Crippen LogP contribution in [0, 0.1) is 5.92 Å². The summed E-state index contributed by atoms with van der Waals surface area (Å²) in [6.45, 7) is 10.9. The van der Waals surface area contributed by atoms with Gasteiger partial charge in [0.2, 0.25) is 5.56 Å². The van der Waals surface area contributed by atoms with Crippen molar-refractivity contribution in [2.75, 3.05) is 39.9 Å². The maximum Gasteiger partial charge on any atom is 0.248 e. The number of phenolic OH excluding ortho intramolecular Hbond substituents is 1. The van der Waals surface area contributed by atoms with E-state index in [1.807, 2.05) is 37.3 Å². The number of ether oxygens (including phenoxy) is 1. The Morgan fingerprint density at radius 2 is 1.88 bits per heavy atom. The lowest BCUT2D eigenvalue weighted by Gasteiger charge is -2.36. The minimum absolute atomic E-state index is 0.122. The molecule has 0 spiro atoms. The molecule has 1 aliphatic carbocycles. The van der Waals surface area contributed by atoms with Crippen LogP contribution in [0.5, 0.6) is 5.75 Å². The van der Waals surface area contributed by atoms with Crippen molar-refractivity contribution in [3.8, 4) is 5.75 Å². The van der Waals surface area contributed by atoms with Gasteiger partial charge in [0.1, 0.15) is 11.4 Å². The first kappa shape index (κ1) is 41.0. The number of hydrogen-bond donors (Lipinski definition) is 4. The molecule has 3 aromatic rings. The molecule has 51 heavy (non-hydrogen) atoms. The van der Waals surface area contributed by atoms with E-state index in [0.717, 1.165) is 93.6 Å². The smallest absolute Gasteiger partial charge is 0.248 e. The fraction of sp³-hybridized carbons (Fsp3) is 0.605. The van der Waals surface area contributed by atoms with E-state index in [-0.39, 0.29) is 11.3 Å². The number of aromatic hydroxyl groups is 1. The fourth-order valence-electron chi connectivity index (χ4n) is 7.81. The van der Waals surface area contributed by atoms with E-state index in [1.165, 1.54) is 44.1 Å². The van der Waals surface area contributed by atoms with Gasteiger partial charge in [-0.25, -0.2) is 0 Å². The molecule has 1 saturated carbocycles. The van der Waals surface area contributed by atoms with Gasteiger partial charge in [0, 0.05) is 48.7 Å². The SMILES string of the molecule is C/C=C\C=C(/C)C(O)(CCC1CCC(N(C)CCCOCCCCCCNCC(CCC)c2ccc(O)c3[nH]c(=O)ccc23)CC1)c1cccs1. The second-order valence-corrected chi connectivity index (χ2v) is 15.7. The average Bonchev–Trinajstić information content (AvgIpc) is 3.69. The summed E-state index contributed by atoms with van der Waals surface area (Å²) < 4.78 is 6.00. The Morgan fingerprint density at radius 1 is 1.10 bits per heavy atom. The van der Waals surface area contributed by atoms with E-state index in [9.17, 15) is 15.0 Å². The summed E-state index contributed by atoms with van der Waals surface area (Å²) in [7, 11) is 2.28. The van der Waals surface area contributed by atoms with Crippen LogP contribution in [0.25, 0.3) is 10.9 Å². The van der Waals surface area contributed by atoms with Gasteiger partial charge in [-0.05, 0) is 138 Å². The normalized spacial score (nSPS) is 18.9. The van der Waals surface area contributed by atoms with Crippen LogP contribution in [0.15, 0.2) is 70.4 Å². The number of thiophene rings is 1. The quantitative estimate of drug-likeness (QED) is 0.0576. The lowest BCUT2D eigenvalue weighted by molar-refractivity contribution is 0.0567. The number of nitrogens with one attached hydrogen (secondary N) is 2. The summed E-state index contributed by atoms with van der Waals surface area (Å²) >= 11 is 1.66. The molecule has 1 aliphatic rings. The molecule has 282 valence electrons. The topological polar surface area (TPSA) is 97.8 Å². The standard InChI is InChI=1S/C43H65N3O4S/c1-5-7-15-33(3)43(49,40-16-12-31-51-40)26-25-34-17-19-36(20-18-34)46(4)28-13-30-50-29-11-9-8-10-27-44-32-35(14-6-2)37-21-23-39(47)42-38(37)22-24-41(48)45-42/h5,7,12,15-16,21-24,31,34-36,44,47,49H,6,8-11,13-14,17-20,25-30,32H2,1-4H3,(H,45,48)/b7-5-,33-15+. The van der Waals surface area contributed by atoms with Crippen molar-refractivity contribution in [3.63, 3.8) is 0 Å². The van der Waals surface area contributed by atoms with Crippen LogP contribution >= 0.6 is 11.3 Å². The summed E-state index contributed by atoms with van der Waals surface area (Å²) in [5.41, 5.74) is 1.68. The van der Waals surface area contributed by atoms with Crippen LogP contribution in [0.1, 0.15) is 121 Å². The third-order valence-electron chi connectivity index (χ3n) is 11.0. The van der Waals surface area contributed by atoms with Crippen LogP contribution in [0.2, 0.25) is 0 Å². The third kappa shape index (κ3) is 12.4. The monoisotopic (exact) mass is 719 g/mol. The molecule has 2 aromatic heterocycles. The molecule has 0 aliphatic heterocycles. The maximum atomic E-state index is 11.8. The van der Waals surface area contributed by atoms with Gasteiger partial charge < -0.3 is 30.2 Å². The van der Waals surface area contributed by atoms with Crippen molar-refractivity contribution in [3.05, 3.63) is 86.4 Å². The molecule has 2 heterocycles. The van der Waals surface area contributed by atoms with E-state index in [0.29, 0.717) is 23.4 Å². The van der Waals surface area contributed by atoms with Gasteiger partial charge in [0.25, 0.3) is 0 Å². The fourth-order valence-corrected chi connectivity index (χ4v) is 8.73. The van der Waals surface area contributed by atoms with E-state index in [2.05, 4.69) is 53.6 Å². The van der Waals surface area contributed by atoms with Gasteiger partial charge in [0.05, 0.1) is 5.52 Å². The summed E-state index contributed by atoms with van der Waals surface area (Å²) in [5.74, 6) is 1.14. The molecule has 1 aromatic carbocycles. The molecule has 2 atom stereocenters. The van der Waals surface area contributed by atoms with Crippen molar-refractivity contribution in [1.29, 1.82) is 0 Å². The molecule has 1 fully saturated rings. The number of phenols is 1. The van der Waals surface area contributed by atoms with E-state index < -0.39 is 5.60 Å². The Bertz CT molecular complexity index is 1540. The Kier molecular flexibility index (Phi) is 17.4. The zero-order valence-electron chi connectivity index (χ0n) is 31.8. The highest BCUT2D eigenvalue weighted by molar-refractivity contribution is 7.10. The number of benzene rings is 1. The molecule has 4 N–H and O–H groups in total. The second kappa shape index (κ2) is 21.7. The zero-order chi connectivity index (χ0) is 36.5. The lowest BCUT2D eigenvalue weighted by Crippen LogP contribution is -2.36. The minimum atomic E-state index is -0.866. The highest BCUT2D eigenvalue weighted by Gasteiger charge is 2.34. The van der Waals surface area contributed by atoms with E-state index >= 15 is 0 Å². The number of aromatic amines is 1. The van der Waals surface area contributed by atoms with Crippen LogP contribution in [-0.4, -0.2) is 66.0 Å². The molecule has 0 amide bonds. The Balaban J connectivity index is 1.03. The van der Waals surface area contributed by atoms with Crippen molar-refractivity contribution in [2.24, 2.45) is 5.92 Å². The molecule has 0 saturated heterocycles. The number of unbranched alkanes of at least 4 members (excludes halogenated alkanes) is 3. The molecular formula is C43H65N3O4S. The molecule has 0 radical (unpaired) electrons. The number of allylic oxidation sites excluding steroid dienone is 3. The number of hydrogen-bond acceptors (Lipinski definition) is 7. The molecule has 2 unspecified atom stereocenters. The largest absolute Gasteiger partial charge is 0.506 e. The summed E-state index contributed by atoms with van der Waals surface area (Å²) in [6.07, 6.45) is 20.8. The molecule has 4 rings (SSSR count). The van der Waals surface area contributed by atoms with Gasteiger partial charge >= 0.3 is 0 Å². The number of aromatic nitrogens is 1. The number of fused-ring (bicyclic) bond motifs is 1. The first-order valence-corrected chi connectivity index (χ1v) is 20.5. The second-order valence-electron chi connectivity index (χ2n) is 14.8. The third-order valence-corrected chi connectivity index (χ3v) is 12.1. The Hall–Kier alpha value is -2.75. The number of rotatable bonds is 23. The van der Waals surface area contributed by atoms with Gasteiger partial charge in [-0.15, -0.1) is 11.3 Å². The van der Waals surface area contributed by atoms with Crippen LogP contribution in [0.4, 0.5) is 0 Å². The molecule has 0 bridgehead atoms. The predicted octanol–water partition coefficient (Wildman–Crippen LogP) is 9.42. The number of pyridine rings is 1. The van der Waals surface area contributed by atoms with Gasteiger partial charge in [0.15, 0.2) is 0 Å². The van der Waals surface area contributed by atoms with Crippen molar-refractivity contribution >= 4 is 22.2 Å². The number of nitrogens with zero attached hydrogens (tertiary/aromatic N) is 1. The Labute approximate surface area is 311 Å². The minimum Gasteiger partial charge on any atom is -0.506 e.